The van der Waals surface area contributed by atoms with E-state index in [0.717, 1.165) is 16.8 Å². The lowest BCUT2D eigenvalue weighted by Crippen LogP contribution is -2.08. The zero-order chi connectivity index (χ0) is 15.0. The Balaban J connectivity index is 2.20. The summed E-state index contributed by atoms with van der Waals surface area (Å²) in [6.45, 7) is 0. The van der Waals surface area contributed by atoms with Gasteiger partial charge in [0.2, 0.25) is 0 Å². The summed E-state index contributed by atoms with van der Waals surface area (Å²) in [5, 5.41) is 1.62. The van der Waals surface area contributed by atoms with Crippen LogP contribution in [0.25, 0.3) is 22.3 Å². The predicted octanol–water partition coefficient (Wildman–Crippen LogP) is 4.67. The van der Waals surface area contributed by atoms with Crippen LogP contribution in [0.3, 0.4) is 0 Å². The summed E-state index contributed by atoms with van der Waals surface area (Å²) in [5.74, 6) is 0.596. The molecule has 0 radical (unpaired) electrons. The van der Waals surface area contributed by atoms with E-state index in [9.17, 15) is 0 Å². The molecule has 0 atom stereocenters. The van der Waals surface area contributed by atoms with Crippen molar-refractivity contribution in [3.63, 3.8) is 0 Å². The summed E-state index contributed by atoms with van der Waals surface area (Å²) in [7, 11) is 3.99. The molecule has 0 fully saturated rings. The molecule has 106 valence electrons. The van der Waals surface area contributed by atoms with Gasteiger partial charge in [-0.25, -0.2) is 9.97 Å². The number of aromatic nitrogens is 2. The van der Waals surface area contributed by atoms with Crippen molar-refractivity contribution in [2.75, 3.05) is 19.0 Å². The smallest absolute Gasteiger partial charge is 0.161 e. The third-order valence-corrected chi connectivity index (χ3v) is 3.84. The van der Waals surface area contributed by atoms with Crippen LogP contribution in [0.5, 0.6) is 0 Å². The number of rotatable bonds is 2. The third kappa shape index (κ3) is 2.67. The van der Waals surface area contributed by atoms with Gasteiger partial charge in [0.15, 0.2) is 5.82 Å². The van der Waals surface area contributed by atoms with Crippen molar-refractivity contribution < 1.29 is 0 Å². The van der Waals surface area contributed by atoms with Gasteiger partial charge in [0.1, 0.15) is 5.15 Å². The lowest BCUT2D eigenvalue weighted by Gasteiger charge is -2.13. The minimum absolute atomic E-state index is 0.371. The molecular formula is C16H13Cl2N3. The van der Waals surface area contributed by atoms with Crippen molar-refractivity contribution in [3.8, 4) is 11.4 Å². The number of benzene rings is 2. The van der Waals surface area contributed by atoms with Crippen LogP contribution in [0.15, 0.2) is 42.5 Å². The van der Waals surface area contributed by atoms with E-state index >= 15 is 0 Å². The first-order chi connectivity index (χ1) is 10.1. The van der Waals surface area contributed by atoms with Crippen LogP contribution < -0.4 is 4.90 Å². The molecule has 3 rings (SSSR count). The third-order valence-electron chi connectivity index (χ3n) is 3.25. The second kappa shape index (κ2) is 5.51. The number of nitrogens with zero attached hydrogens (tertiary/aromatic N) is 3. The quantitative estimate of drug-likeness (QED) is 0.643. The van der Waals surface area contributed by atoms with E-state index in [1.54, 1.807) is 6.07 Å². The Morgan fingerprint density at radius 2 is 1.71 bits per heavy atom. The van der Waals surface area contributed by atoms with Crippen LogP contribution in [0, 0.1) is 0 Å². The Labute approximate surface area is 133 Å². The van der Waals surface area contributed by atoms with Crippen LogP contribution in [-0.4, -0.2) is 24.1 Å². The molecule has 0 saturated heterocycles. The highest BCUT2D eigenvalue weighted by Gasteiger charge is 2.11. The molecule has 0 aliphatic rings. The Morgan fingerprint density at radius 1 is 0.952 bits per heavy atom. The molecule has 0 aliphatic heterocycles. The molecule has 0 spiro atoms. The topological polar surface area (TPSA) is 29.0 Å². The van der Waals surface area contributed by atoms with Crippen LogP contribution >= 0.6 is 23.2 Å². The summed E-state index contributed by atoms with van der Waals surface area (Å²) < 4.78 is 0. The van der Waals surface area contributed by atoms with Crippen LogP contribution in [0.2, 0.25) is 10.2 Å². The van der Waals surface area contributed by atoms with Gasteiger partial charge in [-0.05, 0) is 24.3 Å². The van der Waals surface area contributed by atoms with Crippen LogP contribution in [0.1, 0.15) is 0 Å². The molecule has 0 amide bonds. The predicted molar refractivity (Wildman–Crippen MR) is 89.3 cm³/mol. The van der Waals surface area contributed by atoms with Gasteiger partial charge in [-0.15, -0.1) is 0 Å². The number of halogens is 2. The summed E-state index contributed by atoms with van der Waals surface area (Å²) >= 11 is 12.4. The molecule has 2 aromatic carbocycles. The Bertz CT molecular complexity index is 816. The summed E-state index contributed by atoms with van der Waals surface area (Å²) in [4.78, 5) is 11.0. The molecule has 3 aromatic rings. The average Bonchev–Trinajstić information content (AvgIpc) is 2.47. The molecular weight excluding hydrogens is 305 g/mol. The van der Waals surface area contributed by atoms with Gasteiger partial charge < -0.3 is 4.90 Å². The summed E-state index contributed by atoms with van der Waals surface area (Å²) in [5.41, 5.74) is 2.75. The van der Waals surface area contributed by atoms with E-state index in [4.69, 9.17) is 23.2 Å². The fraction of sp³-hybridized carbons (Fsp3) is 0.125. The summed E-state index contributed by atoms with van der Waals surface area (Å²) in [6, 6.07) is 13.5. The second-order valence-electron chi connectivity index (χ2n) is 4.92. The van der Waals surface area contributed by atoms with Crippen LogP contribution in [0.4, 0.5) is 5.69 Å². The number of anilines is 1. The van der Waals surface area contributed by atoms with Crippen molar-refractivity contribution in [1.29, 1.82) is 0 Å². The normalized spacial score (nSPS) is 10.9. The Kier molecular flexibility index (Phi) is 3.70. The first-order valence-corrected chi connectivity index (χ1v) is 7.21. The fourth-order valence-electron chi connectivity index (χ4n) is 2.15. The Morgan fingerprint density at radius 3 is 2.48 bits per heavy atom. The first kappa shape index (κ1) is 14.1. The molecule has 0 N–H and O–H groups in total. The van der Waals surface area contributed by atoms with Gasteiger partial charge in [-0.1, -0.05) is 41.4 Å². The molecule has 0 bridgehead atoms. The monoisotopic (exact) mass is 317 g/mol. The maximum absolute atomic E-state index is 6.27. The lowest BCUT2D eigenvalue weighted by molar-refractivity contribution is 1.13. The van der Waals surface area contributed by atoms with Gasteiger partial charge in [0.25, 0.3) is 0 Å². The molecule has 1 heterocycles. The maximum atomic E-state index is 6.27. The minimum atomic E-state index is 0.371. The van der Waals surface area contributed by atoms with Crippen molar-refractivity contribution in [1.82, 2.24) is 9.97 Å². The largest absolute Gasteiger partial charge is 0.378 e. The minimum Gasteiger partial charge on any atom is -0.378 e. The zero-order valence-corrected chi connectivity index (χ0v) is 13.2. The standard InChI is InChI=1S/C16H13Cl2N3/c1-21(2)11-6-3-5-10(9-11)16-19-13-8-4-7-12(17)14(13)15(18)20-16/h3-9H,1-2H3. The fourth-order valence-corrected chi connectivity index (χ4v) is 2.74. The first-order valence-electron chi connectivity index (χ1n) is 6.46. The van der Waals surface area contributed by atoms with Gasteiger partial charge in [-0.2, -0.15) is 0 Å². The highest BCUT2D eigenvalue weighted by molar-refractivity contribution is 6.41. The molecule has 0 unspecified atom stereocenters. The van der Waals surface area contributed by atoms with E-state index in [-0.39, 0.29) is 0 Å². The molecule has 0 saturated carbocycles. The molecule has 0 aliphatic carbocycles. The van der Waals surface area contributed by atoms with Crippen molar-refractivity contribution in [3.05, 3.63) is 52.6 Å². The van der Waals surface area contributed by atoms with Crippen molar-refractivity contribution in [2.24, 2.45) is 0 Å². The second-order valence-corrected chi connectivity index (χ2v) is 5.68. The number of fused-ring (bicyclic) bond motifs is 1. The van der Waals surface area contributed by atoms with Crippen molar-refractivity contribution >= 4 is 39.8 Å². The van der Waals surface area contributed by atoms with E-state index in [1.165, 1.54) is 0 Å². The number of hydrogen-bond acceptors (Lipinski definition) is 3. The van der Waals surface area contributed by atoms with E-state index in [2.05, 4.69) is 9.97 Å². The summed E-state index contributed by atoms with van der Waals surface area (Å²) in [6.07, 6.45) is 0. The maximum Gasteiger partial charge on any atom is 0.161 e. The lowest BCUT2D eigenvalue weighted by atomic mass is 10.1. The van der Waals surface area contributed by atoms with Crippen molar-refractivity contribution in [2.45, 2.75) is 0 Å². The highest BCUT2D eigenvalue weighted by Crippen LogP contribution is 2.30. The Hall–Kier alpha value is -1.84. The highest BCUT2D eigenvalue weighted by atomic mass is 35.5. The molecule has 21 heavy (non-hydrogen) atoms. The van der Waals surface area contributed by atoms with Gasteiger partial charge in [0.05, 0.1) is 15.9 Å². The van der Waals surface area contributed by atoms with Gasteiger partial charge in [-0.3, -0.25) is 0 Å². The van der Waals surface area contributed by atoms with E-state index in [0.29, 0.717) is 21.4 Å². The van der Waals surface area contributed by atoms with Gasteiger partial charge >= 0.3 is 0 Å². The van der Waals surface area contributed by atoms with Gasteiger partial charge in [0, 0.05) is 25.3 Å². The van der Waals surface area contributed by atoms with E-state index in [1.807, 2.05) is 55.4 Å². The molecule has 3 nitrogen and oxygen atoms in total. The van der Waals surface area contributed by atoms with Crippen LogP contribution in [-0.2, 0) is 0 Å². The molecule has 5 heteroatoms. The average molecular weight is 318 g/mol. The zero-order valence-electron chi connectivity index (χ0n) is 11.6. The molecule has 1 aromatic heterocycles. The number of hydrogen-bond donors (Lipinski definition) is 0. The van der Waals surface area contributed by atoms with E-state index < -0.39 is 0 Å². The SMILES string of the molecule is CN(C)c1cccc(-c2nc(Cl)c3c(Cl)cccc3n2)c1.